The number of nitro groups is 1. The van der Waals surface area contributed by atoms with Crippen molar-refractivity contribution in [3.8, 4) is 0 Å². The van der Waals surface area contributed by atoms with E-state index in [0.29, 0.717) is 6.54 Å². The molecule has 0 aromatic heterocycles. The number of rotatable bonds is 5. The van der Waals surface area contributed by atoms with Crippen LogP contribution >= 0.6 is 0 Å². The summed E-state index contributed by atoms with van der Waals surface area (Å²) in [6.45, 7) is 2.41. The Morgan fingerprint density at radius 3 is 2.67 bits per heavy atom. The second-order valence-electron chi connectivity index (χ2n) is 1.81. The lowest BCUT2D eigenvalue weighted by molar-refractivity contribution is -0.549. The Morgan fingerprint density at radius 2 is 2.22 bits per heavy atom. The number of hydrogen-bond acceptors (Lipinski definition) is 2. The lowest BCUT2D eigenvalue weighted by atomic mass is 10.3. The van der Waals surface area contributed by atoms with Gasteiger partial charge in [-0.15, -0.1) is 0 Å². The average Bonchev–Trinajstić information content (AvgIpc) is 1.80. The molecule has 0 saturated carbocycles. The van der Waals surface area contributed by atoms with Gasteiger partial charge in [0.1, 0.15) is 6.54 Å². The first-order valence-corrected chi connectivity index (χ1v) is 3.09. The molecule has 0 aromatic rings. The summed E-state index contributed by atoms with van der Waals surface area (Å²) in [4.78, 5) is 9.60. The Morgan fingerprint density at radius 1 is 1.56 bits per heavy atom. The third kappa shape index (κ3) is 7.20. The molecule has 0 spiro atoms. The molecule has 0 amide bonds. The van der Waals surface area contributed by atoms with Crippen molar-refractivity contribution in [3.63, 3.8) is 0 Å². The monoisotopic (exact) mass is 131 g/mol. The Kier molecular flexibility index (Phi) is 4.86. The largest absolute Gasteiger partial charge is 0.233 e. The quantitative estimate of drug-likeness (QED) is 0.317. The van der Waals surface area contributed by atoms with E-state index in [2.05, 4.69) is 5.43 Å². The normalized spacial score (nSPS) is 9.00. The van der Waals surface area contributed by atoms with E-state index in [0.717, 1.165) is 19.3 Å². The Hall–Kier alpha value is -0.800. The minimum Gasteiger partial charge on any atom is -0.233 e. The predicted octanol–water partition coefficient (Wildman–Crippen LogP) is 0.973. The summed E-state index contributed by atoms with van der Waals surface area (Å²) in [5.41, 5.74) is 3.08. The van der Waals surface area contributed by atoms with E-state index in [-0.39, 0.29) is 0 Å². The van der Waals surface area contributed by atoms with Gasteiger partial charge >= 0.3 is 0 Å². The second kappa shape index (κ2) is 5.34. The van der Waals surface area contributed by atoms with Gasteiger partial charge in [-0.05, 0) is 6.42 Å². The van der Waals surface area contributed by atoms with Gasteiger partial charge in [0.15, 0.2) is 5.03 Å². The van der Waals surface area contributed by atoms with Crippen molar-refractivity contribution in [1.82, 2.24) is 5.43 Å². The van der Waals surface area contributed by atoms with Crippen molar-refractivity contribution in [2.45, 2.75) is 26.2 Å². The lowest BCUT2D eigenvalue weighted by Crippen LogP contribution is -2.13. The molecular weight excluding hydrogens is 120 g/mol. The molecule has 0 aliphatic rings. The van der Waals surface area contributed by atoms with Gasteiger partial charge < -0.3 is 0 Å². The van der Waals surface area contributed by atoms with Crippen molar-refractivity contribution in [2.24, 2.45) is 0 Å². The smallest absolute Gasteiger partial charge is 0.185 e. The zero-order valence-corrected chi connectivity index (χ0v) is 5.54. The van der Waals surface area contributed by atoms with Crippen molar-refractivity contribution < 1.29 is 5.03 Å². The first kappa shape index (κ1) is 8.20. The molecule has 0 fully saturated rings. The summed E-state index contributed by atoms with van der Waals surface area (Å²) < 4.78 is 0. The molecule has 4 heteroatoms. The molecule has 0 unspecified atom stereocenters. The topological polar surface area (TPSA) is 57.2 Å². The Bertz CT molecular complexity index is 85.0. The van der Waals surface area contributed by atoms with E-state index >= 15 is 0 Å². The van der Waals surface area contributed by atoms with E-state index in [9.17, 15) is 10.1 Å². The Balaban J connectivity index is 2.83. The first-order valence-electron chi connectivity index (χ1n) is 3.09. The second-order valence-corrected chi connectivity index (χ2v) is 1.81. The minimum absolute atomic E-state index is 0.362. The molecule has 1 radical (unpaired) electrons. The van der Waals surface area contributed by atoms with Crippen molar-refractivity contribution in [3.05, 3.63) is 10.1 Å². The molecule has 0 saturated heterocycles. The zero-order chi connectivity index (χ0) is 7.11. The van der Waals surface area contributed by atoms with Crippen LogP contribution in [0.1, 0.15) is 26.2 Å². The van der Waals surface area contributed by atoms with Crippen molar-refractivity contribution in [2.75, 3.05) is 6.54 Å². The minimum atomic E-state index is -0.629. The van der Waals surface area contributed by atoms with Gasteiger partial charge in [-0.25, -0.2) is 10.1 Å². The van der Waals surface area contributed by atoms with Gasteiger partial charge in [0.2, 0.25) is 0 Å². The van der Waals surface area contributed by atoms with E-state index in [1.165, 1.54) is 0 Å². The van der Waals surface area contributed by atoms with Crippen LogP contribution in [0.15, 0.2) is 0 Å². The van der Waals surface area contributed by atoms with Gasteiger partial charge in [-0.2, -0.15) is 0 Å². The van der Waals surface area contributed by atoms with Crippen LogP contribution < -0.4 is 5.43 Å². The summed E-state index contributed by atoms with van der Waals surface area (Å²) in [5, 5.41) is 8.97. The van der Waals surface area contributed by atoms with Crippen molar-refractivity contribution in [1.29, 1.82) is 0 Å². The average molecular weight is 131 g/mol. The van der Waals surface area contributed by atoms with Crippen LogP contribution in [-0.2, 0) is 0 Å². The number of unbranched alkanes of at least 4 members (excludes halogenated alkanes) is 2. The fraction of sp³-hybridized carbons (Fsp3) is 1.00. The Labute approximate surface area is 54.4 Å². The molecule has 0 atom stereocenters. The van der Waals surface area contributed by atoms with Crippen LogP contribution in [0.25, 0.3) is 0 Å². The standard InChI is InChI=1S/C5H11N2O2/c1-2-3-4-5-6-7(8)9/h2-5H2,1H3. The van der Waals surface area contributed by atoms with Crippen LogP contribution in [0.4, 0.5) is 0 Å². The van der Waals surface area contributed by atoms with Gasteiger partial charge in [0.05, 0.1) is 0 Å². The third-order valence-electron chi connectivity index (χ3n) is 0.977. The summed E-state index contributed by atoms with van der Waals surface area (Å²) in [5.74, 6) is 0. The molecule has 0 rings (SSSR count). The van der Waals surface area contributed by atoms with Crippen LogP contribution in [0.2, 0.25) is 0 Å². The molecule has 0 heterocycles. The molecule has 9 heavy (non-hydrogen) atoms. The van der Waals surface area contributed by atoms with Gasteiger partial charge in [0.25, 0.3) is 0 Å². The summed E-state index contributed by atoms with van der Waals surface area (Å²) in [7, 11) is 0. The maximum absolute atomic E-state index is 9.60. The molecule has 4 nitrogen and oxygen atoms in total. The van der Waals surface area contributed by atoms with Gasteiger partial charge in [-0.1, -0.05) is 19.8 Å². The van der Waals surface area contributed by atoms with E-state index in [1.54, 1.807) is 0 Å². The fourth-order valence-corrected chi connectivity index (χ4v) is 0.514. The maximum atomic E-state index is 9.60. The molecule has 53 valence electrons. The molecular formula is C5H11N2O2. The summed E-state index contributed by atoms with van der Waals surface area (Å²) in [6, 6.07) is 0. The maximum Gasteiger partial charge on any atom is 0.185 e. The first-order chi connectivity index (χ1) is 4.27. The lowest BCUT2D eigenvalue weighted by Gasteiger charge is -1.89. The molecule has 0 N–H and O–H groups in total. The van der Waals surface area contributed by atoms with Gasteiger partial charge in [0, 0.05) is 5.43 Å². The molecule has 0 bridgehead atoms. The highest BCUT2D eigenvalue weighted by atomic mass is 16.7. The predicted molar refractivity (Wildman–Crippen MR) is 33.5 cm³/mol. The van der Waals surface area contributed by atoms with Crippen LogP contribution in [0.3, 0.4) is 0 Å². The third-order valence-corrected chi connectivity index (χ3v) is 0.977. The summed E-state index contributed by atoms with van der Waals surface area (Å²) in [6.07, 6.45) is 2.93. The molecule has 0 aliphatic heterocycles. The summed E-state index contributed by atoms with van der Waals surface area (Å²) >= 11 is 0. The van der Waals surface area contributed by atoms with Crippen LogP contribution in [0.5, 0.6) is 0 Å². The molecule has 0 aromatic carbocycles. The van der Waals surface area contributed by atoms with Crippen LogP contribution in [-0.4, -0.2) is 11.6 Å². The van der Waals surface area contributed by atoms with E-state index in [4.69, 9.17) is 0 Å². The SMILES string of the molecule is CCCCC[N][N+](=O)[O-]. The molecule has 0 aliphatic carbocycles. The zero-order valence-electron chi connectivity index (χ0n) is 5.54. The van der Waals surface area contributed by atoms with Crippen molar-refractivity contribution >= 4 is 0 Å². The fourth-order valence-electron chi connectivity index (χ4n) is 0.514. The van der Waals surface area contributed by atoms with Gasteiger partial charge in [-0.3, -0.25) is 0 Å². The van der Waals surface area contributed by atoms with Crippen LogP contribution in [0, 0.1) is 10.1 Å². The van der Waals surface area contributed by atoms with E-state index < -0.39 is 5.03 Å². The van der Waals surface area contributed by atoms with E-state index in [1.807, 2.05) is 6.92 Å². The highest BCUT2D eigenvalue weighted by molar-refractivity contribution is 4.36. The highest BCUT2D eigenvalue weighted by Crippen LogP contribution is 1.90. The number of hydrogen-bond donors (Lipinski definition) is 0. The number of nitrogens with zero attached hydrogens (tertiary/aromatic N) is 2. The highest BCUT2D eigenvalue weighted by Gasteiger charge is 1.95.